The van der Waals surface area contributed by atoms with Gasteiger partial charge >= 0.3 is 0 Å². The molecule has 0 bridgehead atoms. The Labute approximate surface area is 159 Å². The molecule has 28 heavy (non-hydrogen) atoms. The summed E-state index contributed by atoms with van der Waals surface area (Å²) in [5.74, 6) is -0.649. The summed E-state index contributed by atoms with van der Waals surface area (Å²) in [4.78, 5) is 14.7. The Morgan fingerprint density at radius 3 is 2.64 bits per heavy atom. The van der Waals surface area contributed by atoms with E-state index >= 15 is 0 Å². The minimum absolute atomic E-state index is 0.101. The van der Waals surface area contributed by atoms with E-state index in [4.69, 9.17) is 9.47 Å². The Bertz CT molecular complexity index is 1100. The van der Waals surface area contributed by atoms with E-state index < -0.39 is 17.8 Å². The number of nitrogens with one attached hydrogen (secondary N) is 1. The molecule has 0 saturated carbocycles. The summed E-state index contributed by atoms with van der Waals surface area (Å²) in [6.07, 6.45) is -0.858. The Morgan fingerprint density at radius 2 is 1.79 bits per heavy atom. The van der Waals surface area contributed by atoms with Gasteiger partial charge in [-0.1, -0.05) is 12.1 Å². The van der Waals surface area contributed by atoms with Crippen LogP contribution in [0.4, 0.5) is 20.2 Å². The van der Waals surface area contributed by atoms with Gasteiger partial charge in [-0.2, -0.15) is 0 Å². The predicted octanol–water partition coefficient (Wildman–Crippen LogP) is 4.46. The fourth-order valence-corrected chi connectivity index (χ4v) is 3.50. The van der Waals surface area contributed by atoms with Crippen LogP contribution in [0, 0.1) is 11.6 Å². The fourth-order valence-electron chi connectivity index (χ4n) is 3.50. The summed E-state index contributed by atoms with van der Waals surface area (Å²) in [7, 11) is 0. The summed E-state index contributed by atoms with van der Waals surface area (Å²) in [5, 5.41) is 3.19. The van der Waals surface area contributed by atoms with Gasteiger partial charge in [0.1, 0.15) is 17.8 Å². The van der Waals surface area contributed by atoms with E-state index in [2.05, 4.69) is 5.32 Å². The lowest BCUT2D eigenvalue weighted by Crippen LogP contribution is -2.43. The number of ether oxygens (including phenoxy) is 2. The number of halogens is 2. The Morgan fingerprint density at radius 1 is 0.964 bits per heavy atom. The van der Waals surface area contributed by atoms with Gasteiger partial charge in [0.15, 0.2) is 11.5 Å². The van der Waals surface area contributed by atoms with Crippen molar-refractivity contribution in [2.75, 3.05) is 17.0 Å². The Kier molecular flexibility index (Phi) is 3.68. The smallest absolute Gasteiger partial charge is 0.262 e. The van der Waals surface area contributed by atoms with Gasteiger partial charge in [-0.05, 0) is 36.4 Å². The zero-order valence-electron chi connectivity index (χ0n) is 14.5. The van der Waals surface area contributed by atoms with Gasteiger partial charge in [0.2, 0.25) is 6.79 Å². The number of benzene rings is 3. The molecule has 3 aromatic rings. The standard InChI is InChI=1S/C21H14F2N2O3/c22-12-5-7-14(16(23)9-12)20-24-17-4-2-1-3-15(17)21(26)25(20)13-6-8-18-19(10-13)28-11-27-18/h1-10,20,24H,11H2/t20-/m0/s1. The van der Waals surface area contributed by atoms with E-state index in [0.29, 0.717) is 28.4 Å². The first kappa shape index (κ1) is 16.6. The minimum atomic E-state index is -0.858. The number of para-hydroxylation sites is 1. The van der Waals surface area contributed by atoms with E-state index in [1.807, 2.05) is 0 Å². The topological polar surface area (TPSA) is 50.8 Å². The van der Waals surface area contributed by atoms with E-state index in [0.717, 1.165) is 6.07 Å². The highest BCUT2D eigenvalue weighted by Crippen LogP contribution is 2.41. The molecule has 0 spiro atoms. The number of amides is 1. The third-order valence-corrected chi connectivity index (χ3v) is 4.82. The van der Waals surface area contributed by atoms with E-state index in [1.165, 1.54) is 17.0 Å². The highest BCUT2D eigenvalue weighted by molar-refractivity contribution is 6.12. The summed E-state index contributed by atoms with van der Waals surface area (Å²) in [6, 6.07) is 15.4. The average molecular weight is 380 g/mol. The SMILES string of the molecule is O=C1c2ccccc2N[C@H](c2ccc(F)cc2F)N1c1ccc2c(c1)OCO2. The monoisotopic (exact) mass is 380 g/mol. The highest BCUT2D eigenvalue weighted by atomic mass is 19.1. The first-order valence-corrected chi connectivity index (χ1v) is 8.65. The van der Waals surface area contributed by atoms with Crippen LogP contribution in [-0.2, 0) is 0 Å². The molecule has 0 unspecified atom stereocenters. The average Bonchev–Trinajstić information content (AvgIpc) is 3.16. The predicted molar refractivity (Wildman–Crippen MR) is 98.5 cm³/mol. The maximum absolute atomic E-state index is 14.6. The number of hydrogen-bond acceptors (Lipinski definition) is 4. The van der Waals surface area contributed by atoms with Gasteiger partial charge in [0, 0.05) is 23.4 Å². The second-order valence-corrected chi connectivity index (χ2v) is 6.47. The molecule has 5 nitrogen and oxygen atoms in total. The van der Waals surface area contributed by atoms with Crippen molar-refractivity contribution in [1.29, 1.82) is 0 Å². The third-order valence-electron chi connectivity index (χ3n) is 4.82. The molecule has 0 radical (unpaired) electrons. The van der Waals surface area contributed by atoms with Gasteiger partial charge in [0.25, 0.3) is 5.91 Å². The molecule has 1 atom stereocenters. The van der Waals surface area contributed by atoms with Gasteiger partial charge < -0.3 is 14.8 Å². The van der Waals surface area contributed by atoms with Gasteiger partial charge in [-0.25, -0.2) is 8.78 Å². The first-order valence-electron chi connectivity index (χ1n) is 8.65. The second-order valence-electron chi connectivity index (χ2n) is 6.47. The molecule has 0 saturated heterocycles. The zero-order chi connectivity index (χ0) is 19.3. The summed E-state index contributed by atoms with van der Waals surface area (Å²) >= 11 is 0. The Balaban J connectivity index is 1.67. The fraction of sp³-hybridized carbons (Fsp3) is 0.0952. The van der Waals surface area contributed by atoms with Crippen LogP contribution in [0.1, 0.15) is 22.1 Å². The van der Waals surface area contributed by atoms with E-state index in [1.54, 1.807) is 42.5 Å². The lowest BCUT2D eigenvalue weighted by Gasteiger charge is -2.38. The van der Waals surface area contributed by atoms with Crippen LogP contribution in [0.2, 0.25) is 0 Å². The van der Waals surface area contributed by atoms with Gasteiger partial charge in [-0.3, -0.25) is 9.69 Å². The van der Waals surface area contributed by atoms with Crippen molar-refractivity contribution in [3.8, 4) is 11.5 Å². The van der Waals surface area contributed by atoms with Crippen LogP contribution in [0.5, 0.6) is 11.5 Å². The number of hydrogen-bond donors (Lipinski definition) is 1. The van der Waals surface area contributed by atoms with Crippen molar-refractivity contribution >= 4 is 17.3 Å². The zero-order valence-corrected chi connectivity index (χ0v) is 14.5. The summed E-state index contributed by atoms with van der Waals surface area (Å²) < 4.78 is 38.7. The number of anilines is 2. The molecule has 7 heteroatoms. The van der Waals surface area contributed by atoms with Crippen LogP contribution in [0.25, 0.3) is 0 Å². The highest BCUT2D eigenvalue weighted by Gasteiger charge is 2.36. The normalized spacial score (nSPS) is 17.3. The molecule has 1 amide bonds. The number of rotatable bonds is 2. The Hall–Kier alpha value is -3.61. The molecule has 5 rings (SSSR count). The largest absolute Gasteiger partial charge is 0.454 e. The molecule has 0 fully saturated rings. The van der Waals surface area contributed by atoms with Crippen LogP contribution in [-0.4, -0.2) is 12.7 Å². The van der Waals surface area contributed by atoms with Crippen molar-refractivity contribution < 1.29 is 23.0 Å². The lowest BCUT2D eigenvalue weighted by molar-refractivity contribution is 0.0974. The van der Waals surface area contributed by atoms with Gasteiger partial charge in [0.05, 0.1) is 11.3 Å². The quantitative estimate of drug-likeness (QED) is 0.713. The van der Waals surface area contributed by atoms with Crippen LogP contribution >= 0.6 is 0 Å². The maximum Gasteiger partial charge on any atom is 0.262 e. The number of carbonyl (C=O) groups excluding carboxylic acids is 1. The number of carbonyl (C=O) groups is 1. The van der Waals surface area contributed by atoms with E-state index in [9.17, 15) is 13.6 Å². The number of fused-ring (bicyclic) bond motifs is 2. The van der Waals surface area contributed by atoms with Crippen LogP contribution in [0.15, 0.2) is 60.7 Å². The second kappa shape index (κ2) is 6.23. The molecule has 0 aromatic heterocycles. The molecule has 2 heterocycles. The lowest BCUT2D eigenvalue weighted by atomic mass is 10.0. The molecule has 1 N–H and O–H groups in total. The molecule has 140 valence electrons. The van der Waals surface area contributed by atoms with Crippen LogP contribution < -0.4 is 19.7 Å². The molecule has 0 aliphatic carbocycles. The maximum atomic E-state index is 14.6. The molecular weight excluding hydrogens is 366 g/mol. The first-order chi connectivity index (χ1) is 13.6. The van der Waals surface area contributed by atoms with Crippen molar-refractivity contribution in [2.45, 2.75) is 6.17 Å². The molecule has 2 aliphatic heterocycles. The van der Waals surface area contributed by atoms with Crippen molar-refractivity contribution in [3.05, 3.63) is 83.4 Å². The van der Waals surface area contributed by atoms with Crippen molar-refractivity contribution in [1.82, 2.24) is 0 Å². The summed E-state index contributed by atoms with van der Waals surface area (Å²) in [6.45, 7) is 0.101. The van der Waals surface area contributed by atoms with Crippen LogP contribution in [0.3, 0.4) is 0 Å². The molecule has 2 aliphatic rings. The molecule has 3 aromatic carbocycles. The van der Waals surface area contributed by atoms with E-state index in [-0.39, 0.29) is 18.3 Å². The minimum Gasteiger partial charge on any atom is -0.454 e. The number of nitrogens with zero attached hydrogens (tertiary/aromatic N) is 1. The van der Waals surface area contributed by atoms with Crippen molar-refractivity contribution in [2.24, 2.45) is 0 Å². The third kappa shape index (κ3) is 2.55. The van der Waals surface area contributed by atoms with Crippen molar-refractivity contribution in [3.63, 3.8) is 0 Å². The molecular formula is C21H14F2N2O3. The van der Waals surface area contributed by atoms with Gasteiger partial charge in [-0.15, -0.1) is 0 Å². The summed E-state index contributed by atoms with van der Waals surface area (Å²) in [5.41, 5.74) is 1.70.